The molecule has 0 bridgehead atoms. The Morgan fingerprint density at radius 2 is 1.98 bits per heavy atom. The van der Waals surface area contributed by atoms with Crippen LogP contribution in [0.25, 0.3) is 0 Å². The van der Waals surface area contributed by atoms with E-state index in [9.17, 15) is 9.59 Å². The Morgan fingerprint density at radius 1 is 1.20 bits per heavy atom. The van der Waals surface area contributed by atoms with E-state index in [1.165, 1.54) is 7.11 Å². The number of hydrogen-bond acceptors (Lipinski definition) is 9. The molecule has 1 aromatic carbocycles. The van der Waals surface area contributed by atoms with Crippen molar-refractivity contribution < 1.29 is 23.8 Å². The monoisotopic (exact) mass is 568 g/mol. The molecule has 0 saturated carbocycles. The van der Waals surface area contributed by atoms with Crippen LogP contribution < -0.4 is 5.73 Å². The zero-order chi connectivity index (χ0) is 28.7. The molecule has 0 aliphatic carbocycles. The molecule has 1 saturated heterocycles. The van der Waals surface area contributed by atoms with E-state index in [0.29, 0.717) is 61.1 Å². The SMILES string of the molecule is CCC1(OC(=O)C2=C(COCCN)N=C(C)C(C(=O)OC)C2c2ccccc2Cl)CCN(Cc2ccccn2)C1. The minimum absolute atomic E-state index is 0.0404. The van der Waals surface area contributed by atoms with Crippen molar-refractivity contribution in [2.45, 2.75) is 44.8 Å². The lowest BCUT2D eigenvalue weighted by Gasteiger charge is -2.35. The molecule has 1 fully saturated rings. The first-order valence-electron chi connectivity index (χ1n) is 13.6. The summed E-state index contributed by atoms with van der Waals surface area (Å²) in [5.74, 6) is -2.66. The summed E-state index contributed by atoms with van der Waals surface area (Å²) in [7, 11) is 1.32. The number of hydrogen-bond donors (Lipinski definition) is 1. The average molecular weight is 569 g/mol. The summed E-state index contributed by atoms with van der Waals surface area (Å²) in [4.78, 5) is 38.7. The molecule has 2 aliphatic heterocycles. The second-order valence-electron chi connectivity index (χ2n) is 10.2. The highest BCUT2D eigenvalue weighted by molar-refractivity contribution is 6.31. The maximum atomic E-state index is 14.2. The predicted molar refractivity (Wildman–Crippen MR) is 153 cm³/mol. The maximum Gasteiger partial charge on any atom is 0.337 e. The number of halogens is 1. The number of methoxy groups -OCH3 is 1. The predicted octanol–water partition coefficient (Wildman–Crippen LogP) is 3.91. The number of ether oxygens (including phenoxy) is 3. The smallest absolute Gasteiger partial charge is 0.337 e. The van der Waals surface area contributed by atoms with Gasteiger partial charge in [0.1, 0.15) is 11.5 Å². The van der Waals surface area contributed by atoms with Crippen LogP contribution in [0.5, 0.6) is 0 Å². The van der Waals surface area contributed by atoms with Crippen molar-refractivity contribution in [3.63, 3.8) is 0 Å². The first-order chi connectivity index (χ1) is 19.3. The van der Waals surface area contributed by atoms with Gasteiger partial charge in [-0.25, -0.2) is 4.79 Å². The molecular weight excluding hydrogens is 532 g/mol. The van der Waals surface area contributed by atoms with E-state index >= 15 is 0 Å². The van der Waals surface area contributed by atoms with E-state index in [-0.39, 0.29) is 12.2 Å². The average Bonchev–Trinajstić information content (AvgIpc) is 3.35. The van der Waals surface area contributed by atoms with Crippen molar-refractivity contribution in [2.24, 2.45) is 16.6 Å². The van der Waals surface area contributed by atoms with Crippen LogP contribution in [-0.4, -0.2) is 73.1 Å². The Labute approximate surface area is 240 Å². The molecule has 4 rings (SSSR count). The van der Waals surface area contributed by atoms with Crippen LogP contribution in [0.3, 0.4) is 0 Å². The van der Waals surface area contributed by atoms with Crippen molar-refractivity contribution in [1.82, 2.24) is 9.88 Å². The fourth-order valence-corrected chi connectivity index (χ4v) is 5.77. The highest BCUT2D eigenvalue weighted by atomic mass is 35.5. The van der Waals surface area contributed by atoms with Gasteiger partial charge in [0.2, 0.25) is 0 Å². The summed E-state index contributed by atoms with van der Waals surface area (Å²) in [5, 5.41) is 0.427. The Balaban J connectivity index is 1.71. The number of carbonyl (C=O) groups excluding carboxylic acids is 2. The van der Waals surface area contributed by atoms with Crippen molar-refractivity contribution in [3.8, 4) is 0 Å². The molecule has 9 nitrogen and oxygen atoms in total. The first-order valence-corrected chi connectivity index (χ1v) is 13.9. The lowest BCUT2D eigenvalue weighted by Crippen LogP contribution is -2.42. The quantitative estimate of drug-likeness (QED) is 0.320. The summed E-state index contributed by atoms with van der Waals surface area (Å²) >= 11 is 6.66. The van der Waals surface area contributed by atoms with E-state index < -0.39 is 29.4 Å². The van der Waals surface area contributed by atoms with Crippen molar-refractivity contribution in [3.05, 3.63) is 76.2 Å². The molecule has 0 spiro atoms. The van der Waals surface area contributed by atoms with E-state index in [4.69, 9.17) is 31.5 Å². The van der Waals surface area contributed by atoms with Gasteiger partial charge in [-0.3, -0.25) is 19.7 Å². The summed E-state index contributed by atoms with van der Waals surface area (Å²) in [6, 6.07) is 13.0. The number of aliphatic imine (C=N–C) groups is 1. The summed E-state index contributed by atoms with van der Waals surface area (Å²) < 4.78 is 17.3. The molecule has 2 aliphatic rings. The highest BCUT2D eigenvalue weighted by Gasteiger charge is 2.47. The number of nitrogens with zero attached hydrogens (tertiary/aromatic N) is 3. The van der Waals surface area contributed by atoms with E-state index in [1.54, 1.807) is 25.3 Å². The molecule has 3 unspecified atom stereocenters. The number of benzene rings is 1. The molecule has 2 aromatic rings. The fourth-order valence-electron chi connectivity index (χ4n) is 5.51. The van der Waals surface area contributed by atoms with Gasteiger partial charge in [-0.2, -0.15) is 0 Å². The topological polar surface area (TPSA) is 116 Å². The van der Waals surface area contributed by atoms with Gasteiger partial charge in [-0.15, -0.1) is 0 Å². The third kappa shape index (κ3) is 6.61. The van der Waals surface area contributed by atoms with Crippen molar-refractivity contribution in [1.29, 1.82) is 0 Å². The van der Waals surface area contributed by atoms with E-state index in [1.807, 2.05) is 37.3 Å². The zero-order valence-corrected chi connectivity index (χ0v) is 24.0. The summed E-state index contributed by atoms with van der Waals surface area (Å²) in [6.07, 6.45) is 3.08. The lowest BCUT2D eigenvalue weighted by molar-refractivity contribution is -0.155. The standard InChI is InChI=1S/C30H37ClN4O5/c1-4-30(12-15-35(19-30)17-21-9-7-8-14-33-21)40-29(37)27-24(18-39-16-13-32)34-20(2)25(28(36)38-3)26(27)22-10-5-6-11-23(22)31/h5-11,14,25-26H,4,12-13,15-19,32H2,1-3H3. The van der Waals surface area contributed by atoms with Crippen LogP contribution in [0.2, 0.25) is 5.02 Å². The Morgan fingerprint density at radius 3 is 2.65 bits per heavy atom. The lowest BCUT2D eigenvalue weighted by atomic mass is 9.75. The second kappa shape index (κ2) is 13.5. The third-order valence-corrected chi connectivity index (χ3v) is 7.94. The van der Waals surface area contributed by atoms with E-state index in [2.05, 4.69) is 14.9 Å². The van der Waals surface area contributed by atoms with Crippen molar-refractivity contribution >= 4 is 29.3 Å². The first kappa shape index (κ1) is 29.9. The third-order valence-electron chi connectivity index (χ3n) is 7.59. The van der Waals surface area contributed by atoms with E-state index in [0.717, 1.165) is 12.2 Å². The molecule has 3 heterocycles. The molecule has 40 heavy (non-hydrogen) atoms. The minimum atomic E-state index is -0.854. The Hall–Kier alpha value is -3.11. The number of carbonyl (C=O) groups is 2. The van der Waals surface area contributed by atoms with Gasteiger partial charge in [0.15, 0.2) is 0 Å². The van der Waals surface area contributed by atoms with Crippen LogP contribution in [0.15, 0.2) is 64.9 Å². The second-order valence-corrected chi connectivity index (χ2v) is 10.6. The fraction of sp³-hybridized carbons (Fsp3) is 0.467. The zero-order valence-electron chi connectivity index (χ0n) is 23.3. The Kier molecular flexibility index (Phi) is 10.1. The van der Waals surface area contributed by atoms with Crippen LogP contribution in [0, 0.1) is 5.92 Å². The normalized spacial score (nSPS) is 23.2. The van der Waals surface area contributed by atoms with Gasteiger partial charge in [-0.1, -0.05) is 42.8 Å². The molecular formula is C30H37ClN4O5. The summed E-state index contributed by atoms with van der Waals surface area (Å²) in [6.45, 7) is 6.41. The number of esters is 2. The number of rotatable bonds is 11. The molecule has 2 N–H and O–H groups in total. The van der Waals surface area contributed by atoms with Gasteiger partial charge < -0.3 is 19.9 Å². The van der Waals surface area contributed by atoms with Gasteiger partial charge in [0, 0.05) is 55.4 Å². The van der Waals surface area contributed by atoms with Gasteiger partial charge >= 0.3 is 11.9 Å². The van der Waals surface area contributed by atoms with Gasteiger partial charge in [0.25, 0.3) is 0 Å². The molecule has 10 heteroatoms. The minimum Gasteiger partial charge on any atom is -0.468 e. The van der Waals surface area contributed by atoms with Crippen LogP contribution in [-0.2, 0) is 30.3 Å². The van der Waals surface area contributed by atoms with Gasteiger partial charge in [0.05, 0.1) is 37.3 Å². The number of pyridine rings is 1. The molecule has 214 valence electrons. The largest absolute Gasteiger partial charge is 0.468 e. The van der Waals surface area contributed by atoms with Crippen LogP contribution >= 0.6 is 11.6 Å². The van der Waals surface area contributed by atoms with Gasteiger partial charge in [-0.05, 0) is 37.1 Å². The van der Waals surface area contributed by atoms with Crippen LogP contribution in [0.4, 0.5) is 0 Å². The van der Waals surface area contributed by atoms with Crippen LogP contribution in [0.1, 0.15) is 43.9 Å². The summed E-state index contributed by atoms with van der Waals surface area (Å²) in [5.41, 5.74) is 7.67. The Bertz CT molecular complexity index is 1270. The number of likely N-dealkylation sites (tertiary alicyclic amines) is 1. The maximum absolute atomic E-state index is 14.2. The highest BCUT2D eigenvalue weighted by Crippen LogP contribution is 2.44. The molecule has 0 amide bonds. The molecule has 3 atom stereocenters. The molecule has 1 aromatic heterocycles. The number of aromatic nitrogens is 1. The van der Waals surface area contributed by atoms with Crippen molar-refractivity contribution in [2.75, 3.05) is 40.0 Å². The number of nitrogens with two attached hydrogens (primary N) is 1. The molecule has 0 radical (unpaired) electrons.